The van der Waals surface area contributed by atoms with E-state index in [1.54, 1.807) is 11.6 Å². The molecule has 1 aliphatic rings. The predicted molar refractivity (Wildman–Crippen MR) is 108 cm³/mol. The highest BCUT2D eigenvalue weighted by atomic mass is 16.5. The van der Waals surface area contributed by atoms with E-state index in [9.17, 15) is 9.59 Å². The van der Waals surface area contributed by atoms with Crippen molar-refractivity contribution in [3.8, 4) is 0 Å². The molecule has 1 aliphatic heterocycles. The van der Waals surface area contributed by atoms with Gasteiger partial charge in [0.15, 0.2) is 11.6 Å². The van der Waals surface area contributed by atoms with Crippen molar-refractivity contribution in [1.29, 1.82) is 0 Å². The molecule has 2 aromatic heterocycles. The highest BCUT2D eigenvalue weighted by Crippen LogP contribution is 2.21. The predicted octanol–water partition coefficient (Wildman–Crippen LogP) is 2.32. The average Bonchev–Trinajstić information content (AvgIpc) is 3.30. The van der Waals surface area contributed by atoms with Crippen LogP contribution in [0.1, 0.15) is 64.8 Å². The molecule has 0 aromatic carbocycles. The number of fused-ring (bicyclic) bond motifs is 1. The van der Waals surface area contributed by atoms with Crippen LogP contribution in [0.3, 0.4) is 0 Å². The van der Waals surface area contributed by atoms with E-state index in [1.165, 1.54) is 6.26 Å². The van der Waals surface area contributed by atoms with Crippen molar-refractivity contribution in [1.82, 2.24) is 20.1 Å². The van der Waals surface area contributed by atoms with Crippen LogP contribution in [0.25, 0.3) is 0 Å². The summed E-state index contributed by atoms with van der Waals surface area (Å²) >= 11 is 0. The van der Waals surface area contributed by atoms with Crippen LogP contribution in [0.15, 0.2) is 10.7 Å². The Balaban J connectivity index is 1.71. The minimum Gasteiger partial charge on any atom is -0.461 e. The number of oxazole rings is 1. The van der Waals surface area contributed by atoms with Gasteiger partial charge in [0.2, 0.25) is 0 Å². The molecule has 2 aromatic rings. The van der Waals surface area contributed by atoms with Gasteiger partial charge in [-0.3, -0.25) is 9.48 Å². The number of amides is 1. The third-order valence-electron chi connectivity index (χ3n) is 4.98. The molecule has 3 rings (SSSR count). The fourth-order valence-electron chi connectivity index (χ4n) is 3.51. The summed E-state index contributed by atoms with van der Waals surface area (Å²) in [5.41, 5.74) is 2.64. The lowest BCUT2D eigenvalue weighted by Crippen LogP contribution is -2.28. The number of hydrogen-bond donors (Lipinski definition) is 1. The quantitative estimate of drug-likeness (QED) is 0.717. The summed E-state index contributed by atoms with van der Waals surface area (Å²) in [5.74, 6) is -0.145. The van der Waals surface area contributed by atoms with Gasteiger partial charge in [0.1, 0.15) is 12.0 Å². The highest BCUT2D eigenvalue weighted by molar-refractivity contribution is 5.94. The number of esters is 1. The van der Waals surface area contributed by atoms with Crippen molar-refractivity contribution < 1.29 is 23.5 Å². The lowest BCUT2D eigenvalue weighted by Gasteiger charge is -2.12. The van der Waals surface area contributed by atoms with E-state index in [0.717, 1.165) is 30.5 Å². The van der Waals surface area contributed by atoms with Gasteiger partial charge >= 0.3 is 5.97 Å². The average molecular weight is 418 g/mol. The first-order valence-electron chi connectivity index (χ1n) is 10.5. The van der Waals surface area contributed by atoms with Gasteiger partial charge in [-0.2, -0.15) is 5.10 Å². The fourth-order valence-corrected chi connectivity index (χ4v) is 3.51. The van der Waals surface area contributed by atoms with E-state index in [2.05, 4.69) is 10.3 Å². The summed E-state index contributed by atoms with van der Waals surface area (Å²) in [4.78, 5) is 28.9. The number of carbonyl (C=O) groups excluding carboxylic acids is 2. The molecule has 0 spiro atoms. The lowest BCUT2D eigenvalue weighted by atomic mass is 9.99. The lowest BCUT2D eigenvalue weighted by molar-refractivity contribution is 0.0441. The highest BCUT2D eigenvalue weighted by Gasteiger charge is 2.24. The van der Waals surface area contributed by atoms with Crippen LogP contribution < -0.4 is 5.32 Å². The smallest absolute Gasteiger partial charge is 0.360 e. The third-order valence-corrected chi connectivity index (χ3v) is 4.98. The van der Waals surface area contributed by atoms with Crippen LogP contribution in [0, 0.1) is 12.8 Å². The van der Waals surface area contributed by atoms with E-state index in [4.69, 9.17) is 19.0 Å². The molecule has 0 fully saturated rings. The number of carbonyl (C=O) groups is 2. The summed E-state index contributed by atoms with van der Waals surface area (Å²) in [5, 5.41) is 7.68. The second-order valence-corrected chi connectivity index (χ2v) is 7.57. The van der Waals surface area contributed by atoms with E-state index in [0.29, 0.717) is 44.3 Å². The molecule has 1 atom stereocenters. The van der Waals surface area contributed by atoms with Crippen molar-refractivity contribution in [2.75, 3.05) is 26.4 Å². The Morgan fingerprint density at radius 1 is 1.37 bits per heavy atom. The molecule has 9 heteroatoms. The zero-order valence-electron chi connectivity index (χ0n) is 17.9. The van der Waals surface area contributed by atoms with Crippen molar-refractivity contribution in [3.63, 3.8) is 0 Å². The zero-order chi connectivity index (χ0) is 21.5. The van der Waals surface area contributed by atoms with Gasteiger partial charge in [-0.05, 0) is 38.5 Å². The minimum atomic E-state index is -0.506. The molecule has 164 valence electrons. The number of rotatable bonds is 6. The molecule has 0 saturated heterocycles. The molecule has 3 heterocycles. The van der Waals surface area contributed by atoms with Crippen molar-refractivity contribution in [2.45, 2.75) is 53.0 Å². The van der Waals surface area contributed by atoms with Gasteiger partial charge in [0, 0.05) is 38.8 Å². The van der Waals surface area contributed by atoms with Crippen LogP contribution in [0.2, 0.25) is 0 Å². The molecule has 30 heavy (non-hydrogen) atoms. The van der Waals surface area contributed by atoms with Gasteiger partial charge in [0.05, 0.1) is 12.3 Å². The first kappa shape index (κ1) is 22.0. The largest absolute Gasteiger partial charge is 0.461 e. The summed E-state index contributed by atoms with van der Waals surface area (Å²) in [6.45, 7) is 8.37. The SMILES string of the molecule is CCn1nc(C[C@@H](C)COC(=O)c2coc(C)n2)c2c1C(=O)NCCCOCCC2. The molecular weight excluding hydrogens is 388 g/mol. The van der Waals surface area contributed by atoms with Gasteiger partial charge in [-0.15, -0.1) is 0 Å². The maximum atomic E-state index is 12.8. The van der Waals surface area contributed by atoms with Crippen molar-refractivity contribution in [3.05, 3.63) is 34.8 Å². The molecule has 0 unspecified atom stereocenters. The number of nitrogens with one attached hydrogen (secondary N) is 1. The Morgan fingerprint density at radius 3 is 2.90 bits per heavy atom. The molecular formula is C21H30N4O5. The van der Waals surface area contributed by atoms with Crippen LogP contribution in [0.4, 0.5) is 0 Å². The van der Waals surface area contributed by atoms with Gasteiger partial charge < -0.3 is 19.2 Å². The van der Waals surface area contributed by atoms with E-state index in [-0.39, 0.29) is 24.1 Å². The molecule has 1 N–H and O–H groups in total. The van der Waals surface area contributed by atoms with E-state index in [1.807, 2.05) is 13.8 Å². The molecule has 1 amide bonds. The maximum Gasteiger partial charge on any atom is 0.360 e. The molecule has 0 saturated carbocycles. The maximum absolute atomic E-state index is 12.8. The summed E-state index contributed by atoms with van der Waals surface area (Å²) in [6.07, 6.45) is 4.25. The van der Waals surface area contributed by atoms with E-state index >= 15 is 0 Å². The van der Waals surface area contributed by atoms with Gasteiger partial charge in [-0.1, -0.05) is 6.92 Å². The Labute approximate surface area is 176 Å². The zero-order valence-corrected chi connectivity index (χ0v) is 17.9. The summed E-state index contributed by atoms with van der Waals surface area (Å²) in [7, 11) is 0. The number of ether oxygens (including phenoxy) is 2. The topological polar surface area (TPSA) is 108 Å². The minimum absolute atomic E-state index is 0.0312. The monoisotopic (exact) mass is 418 g/mol. The van der Waals surface area contributed by atoms with Gasteiger partial charge in [-0.25, -0.2) is 9.78 Å². The van der Waals surface area contributed by atoms with E-state index < -0.39 is 5.97 Å². The van der Waals surface area contributed by atoms with Crippen LogP contribution in [-0.4, -0.2) is 53.0 Å². The number of nitrogens with zero attached hydrogens (tertiary/aromatic N) is 3. The second-order valence-electron chi connectivity index (χ2n) is 7.57. The first-order valence-corrected chi connectivity index (χ1v) is 10.5. The number of hydrogen-bond acceptors (Lipinski definition) is 7. The Hall–Kier alpha value is -2.68. The Morgan fingerprint density at radius 2 is 2.17 bits per heavy atom. The normalized spacial score (nSPS) is 16.3. The van der Waals surface area contributed by atoms with Crippen molar-refractivity contribution >= 4 is 11.9 Å². The Bertz CT molecular complexity index is 873. The Kier molecular flexibility index (Phi) is 7.62. The second kappa shape index (κ2) is 10.4. The summed E-state index contributed by atoms with van der Waals surface area (Å²) < 4.78 is 17.8. The van der Waals surface area contributed by atoms with Crippen LogP contribution >= 0.6 is 0 Å². The molecule has 9 nitrogen and oxygen atoms in total. The standard InChI is InChI=1S/C21H30N4O5/c1-4-25-19-16(7-5-9-28-10-6-8-22-20(19)26)17(24-25)11-14(2)12-30-21(27)18-13-29-15(3)23-18/h13-14H,4-12H2,1-3H3,(H,22,26)/t14-/m1/s1. The number of aromatic nitrogens is 3. The summed E-state index contributed by atoms with van der Waals surface area (Å²) in [6, 6.07) is 0. The van der Waals surface area contributed by atoms with Crippen LogP contribution in [-0.2, 0) is 28.9 Å². The molecule has 0 aliphatic carbocycles. The molecule has 0 radical (unpaired) electrons. The third kappa shape index (κ3) is 5.47. The van der Waals surface area contributed by atoms with Crippen molar-refractivity contribution in [2.24, 2.45) is 5.92 Å². The fraction of sp³-hybridized carbons (Fsp3) is 0.619. The number of aryl methyl sites for hydroxylation is 2. The first-order chi connectivity index (χ1) is 14.5. The van der Waals surface area contributed by atoms with Crippen LogP contribution in [0.5, 0.6) is 0 Å². The van der Waals surface area contributed by atoms with Gasteiger partial charge in [0.25, 0.3) is 5.91 Å². The molecule has 0 bridgehead atoms.